The maximum absolute atomic E-state index is 5.52. The highest BCUT2D eigenvalue weighted by Crippen LogP contribution is 2.54. The summed E-state index contributed by atoms with van der Waals surface area (Å²) < 4.78 is 27.4. The van der Waals surface area contributed by atoms with E-state index in [1.807, 2.05) is 58.3 Å². The van der Waals surface area contributed by atoms with Crippen molar-refractivity contribution in [2.45, 2.75) is 11.8 Å². The van der Waals surface area contributed by atoms with Crippen LogP contribution in [0.3, 0.4) is 0 Å². The molecule has 0 fully saturated rings. The number of methoxy groups -OCH3 is 4. The van der Waals surface area contributed by atoms with Crippen LogP contribution in [-0.2, 0) is 0 Å². The van der Waals surface area contributed by atoms with E-state index in [4.69, 9.17) is 18.9 Å². The van der Waals surface area contributed by atoms with E-state index in [1.54, 1.807) is 28.4 Å². The van der Waals surface area contributed by atoms with E-state index in [9.17, 15) is 0 Å². The monoisotopic (exact) mass is 774 g/mol. The van der Waals surface area contributed by atoms with Gasteiger partial charge in [0.1, 0.15) is 23.0 Å². The fraction of sp³-hybridized carbons (Fsp3) is 0.125. The molecule has 0 N–H and O–H groups in total. The highest BCUT2D eigenvalue weighted by Gasteiger charge is 2.32. The zero-order chi connectivity index (χ0) is 37.5. The van der Waals surface area contributed by atoms with E-state index >= 15 is 0 Å². The quantitative estimate of drug-likeness (QED) is 0.139. The second kappa shape index (κ2) is 14.9. The summed E-state index contributed by atoms with van der Waals surface area (Å²) in [6.45, 7) is 0. The molecule has 1 aliphatic rings. The van der Waals surface area contributed by atoms with Crippen LogP contribution in [0.4, 0.5) is 0 Å². The standard InChI is InChI=1S/C48H38O4S3/c1-49-33-19-11-29(12-20-33)37-7-5-8-38(30-13-21-34(50-2)22-14-30)45(37)41-27-43-47(54-41)48-44(53-43)28-42(55-48)46-39(31-15-23-35(51-3)24-16-31)9-6-10-40(46)32-17-25-36(52-4)26-18-32/h5-28,37,45H,1-4H3. The van der Waals surface area contributed by atoms with E-state index in [0.29, 0.717) is 0 Å². The van der Waals surface area contributed by atoms with Crippen LogP contribution in [0, 0.1) is 0 Å². The van der Waals surface area contributed by atoms with Crippen molar-refractivity contribution in [2.24, 2.45) is 0 Å². The van der Waals surface area contributed by atoms with E-state index in [0.717, 1.165) is 34.1 Å². The first-order valence-corrected chi connectivity index (χ1v) is 20.5. The van der Waals surface area contributed by atoms with Crippen molar-refractivity contribution in [1.29, 1.82) is 0 Å². The van der Waals surface area contributed by atoms with Gasteiger partial charge in [0.25, 0.3) is 0 Å². The molecule has 5 aromatic carbocycles. The molecule has 3 heterocycles. The molecule has 0 aliphatic heterocycles. The molecule has 0 spiro atoms. The Morgan fingerprint density at radius 3 is 1.53 bits per heavy atom. The second-order valence-electron chi connectivity index (χ2n) is 13.4. The smallest absolute Gasteiger partial charge is 0.118 e. The molecule has 8 aromatic rings. The summed E-state index contributed by atoms with van der Waals surface area (Å²) in [7, 11) is 6.85. The molecule has 0 saturated carbocycles. The highest BCUT2D eigenvalue weighted by atomic mass is 32.1. The molecule has 272 valence electrons. The molecule has 55 heavy (non-hydrogen) atoms. The maximum atomic E-state index is 5.52. The average molecular weight is 775 g/mol. The van der Waals surface area contributed by atoms with Crippen LogP contribution in [0.5, 0.6) is 23.0 Å². The van der Waals surface area contributed by atoms with Gasteiger partial charge in [0.15, 0.2) is 0 Å². The Kier molecular flexibility index (Phi) is 9.52. The molecule has 7 heteroatoms. The minimum Gasteiger partial charge on any atom is -0.497 e. The summed E-state index contributed by atoms with van der Waals surface area (Å²) in [4.78, 5) is 2.62. The lowest BCUT2D eigenvalue weighted by Crippen LogP contribution is -2.13. The number of allylic oxidation sites excluding steroid dienone is 4. The molecule has 2 atom stereocenters. The molecule has 2 unspecified atom stereocenters. The zero-order valence-corrected chi connectivity index (χ0v) is 33.3. The minimum atomic E-state index is 0.142. The first kappa shape index (κ1) is 35.1. The Balaban J connectivity index is 1.18. The summed E-state index contributed by atoms with van der Waals surface area (Å²) in [6.07, 6.45) is 6.85. The molecule has 0 bridgehead atoms. The zero-order valence-electron chi connectivity index (χ0n) is 30.9. The van der Waals surface area contributed by atoms with Crippen molar-refractivity contribution in [3.8, 4) is 55.7 Å². The molecule has 0 radical (unpaired) electrons. The Bertz CT molecular complexity index is 2610. The van der Waals surface area contributed by atoms with E-state index in [2.05, 4.69) is 121 Å². The third-order valence-electron chi connectivity index (χ3n) is 10.5. The average Bonchev–Trinajstić information content (AvgIpc) is 3.94. The SMILES string of the molecule is COc1ccc(C2=CC=CC(c3ccc(OC)cc3)C2c2cc3sc4cc(-c5c(-c6ccc(OC)cc6)cccc5-c5ccc(OC)cc5)sc4c3s2)cc1. The summed E-state index contributed by atoms with van der Waals surface area (Å²) in [6, 6.07) is 45.3. The number of fused-ring (bicyclic) bond motifs is 3. The Labute approximate surface area is 333 Å². The van der Waals surface area contributed by atoms with E-state index in [1.165, 1.54) is 61.9 Å². The third-order valence-corrected chi connectivity index (χ3v) is 14.4. The van der Waals surface area contributed by atoms with Crippen LogP contribution in [0.25, 0.3) is 57.1 Å². The third kappa shape index (κ3) is 6.52. The van der Waals surface area contributed by atoms with Gasteiger partial charge in [0.2, 0.25) is 0 Å². The lowest BCUT2D eigenvalue weighted by Gasteiger charge is -2.30. The number of hydrogen-bond acceptors (Lipinski definition) is 7. The normalized spacial score (nSPS) is 15.3. The van der Waals surface area contributed by atoms with Gasteiger partial charge >= 0.3 is 0 Å². The van der Waals surface area contributed by atoms with Gasteiger partial charge in [0, 0.05) is 36.6 Å². The van der Waals surface area contributed by atoms with E-state index < -0.39 is 0 Å². The number of hydrogen-bond donors (Lipinski definition) is 0. The summed E-state index contributed by atoms with van der Waals surface area (Å²) in [5, 5.41) is 0. The van der Waals surface area contributed by atoms with Crippen LogP contribution in [0.2, 0.25) is 0 Å². The fourth-order valence-electron chi connectivity index (χ4n) is 7.68. The van der Waals surface area contributed by atoms with Gasteiger partial charge in [-0.3, -0.25) is 0 Å². The molecule has 3 aromatic heterocycles. The largest absolute Gasteiger partial charge is 0.497 e. The van der Waals surface area contributed by atoms with Crippen molar-refractivity contribution in [1.82, 2.24) is 0 Å². The fourth-order valence-corrected chi connectivity index (χ4v) is 11.9. The van der Waals surface area contributed by atoms with Crippen LogP contribution in [-0.4, -0.2) is 28.4 Å². The van der Waals surface area contributed by atoms with Gasteiger partial charge in [-0.05, 0) is 99.6 Å². The maximum Gasteiger partial charge on any atom is 0.118 e. The molecular weight excluding hydrogens is 737 g/mol. The summed E-state index contributed by atoms with van der Waals surface area (Å²) in [5.41, 5.74) is 9.70. The summed E-state index contributed by atoms with van der Waals surface area (Å²) in [5.74, 6) is 3.72. The molecule has 0 amide bonds. The summed E-state index contributed by atoms with van der Waals surface area (Å²) >= 11 is 5.73. The number of thiophene rings is 3. The van der Waals surface area contributed by atoms with Crippen LogP contribution < -0.4 is 18.9 Å². The van der Waals surface area contributed by atoms with Crippen molar-refractivity contribution in [3.05, 3.63) is 162 Å². The topological polar surface area (TPSA) is 36.9 Å². The Hall–Kier alpha value is -5.60. The predicted octanol–water partition coefficient (Wildman–Crippen LogP) is 13.7. The lowest BCUT2D eigenvalue weighted by atomic mass is 9.75. The van der Waals surface area contributed by atoms with Crippen LogP contribution >= 0.6 is 34.0 Å². The van der Waals surface area contributed by atoms with Crippen molar-refractivity contribution in [2.75, 3.05) is 28.4 Å². The lowest BCUT2D eigenvalue weighted by molar-refractivity contribution is 0.414. The highest BCUT2D eigenvalue weighted by molar-refractivity contribution is 7.39. The minimum absolute atomic E-state index is 0.142. The van der Waals surface area contributed by atoms with Gasteiger partial charge in [0.05, 0.1) is 37.8 Å². The van der Waals surface area contributed by atoms with Crippen LogP contribution in [0.1, 0.15) is 27.8 Å². The predicted molar refractivity (Wildman–Crippen MR) is 233 cm³/mol. The number of benzene rings is 5. The first-order chi connectivity index (χ1) is 27.0. The van der Waals surface area contributed by atoms with Gasteiger partial charge < -0.3 is 18.9 Å². The van der Waals surface area contributed by atoms with Gasteiger partial charge in [-0.15, -0.1) is 34.0 Å². The second-order valence-corrected chi connectivity index (χ2v) is 16.7. The number of ether oxygens (including phenoxy) is 4. The molecule has 0 saturated heterocycles. The molecule has 9 rings (SSSR count). The van der Waals surface area contributed by atoms with E-state index in [-0.39, 0.29) is 11.8 Å². The van der Waals surface area contributed by atoms with Gasteiger partial charge in [-0.2, -0.15) is 0 Å². The van der Waals surface area contributed by atoms with Gasteiger partial charge in [-0.1, -0.05) is 85.0 Å². The van der Waals surface area contributed by atoms with Gasteiger partial charge in [-0.25, -0.2) is 0 Å². The van der Waals surface area contributed by atoms with Crippen molar-refractivity contribution < 1.29 is 18.9 Å². The first-order valence-electron chi connectivity index (χ1n) is 18.1. The molecule has 4 nitrogen and oxygen atoms in total. The Morgan fingerprint density at radius 2 is 0.982 bits per heavy atom. The van der Waals surface area contributed by atoms with Crippen LogP contribution in [0.15, 0.2) is 146 Å². The van der Waals surface area contributed by atoms with Crippen molar-refractivity contribution in [3.63, 3.8) is 0 Å². The molecular formula is C48H38O4S3. The Morgan fingerprint density at radius 1 is 0.491 bits per heavy atom. The van der Waals surface area contributed by atoms with Crippen molar-refractivity contribution >= 4 is 58.4 Å². The number of rotatable bonds is 10. The molecule has 1 aliphatic carbocycles.